The van der Waals surface area contributed by atoms with E-state index in [1.165, 1.54) is 12.1 Å². The number of hydrogen-bond acceptors (Lipinski definition) is 2. The van der Waals surface area contributed by atoms with Gasteiger partial charge >= 0.3 is 0 Å². The van der Waals surface area contributed by atoms with Crippen molar-refractivity contribution in [1.82, 2.24) is 9.78 Å². The van der Waals surface area contributed by atoms with Gasteiger partial charge in [0.25, 0.3) is 0 Å². The number of hydrogen-bond donors (Lipinski definition) is 1. The zero-order chi connectivity index (χ0) is 15.1. The number of benzene rings is 1. The highest BCUT2D eigenvalue weighted by atomic mass is 35.5. The van der Waals surface area contributed by atoms with E-state index in [4.69, 9.17) is 11.6 Å². The molecule has 0 saturated heterocycles. The average Bonchev–Trinajstić information content (AvgIpc) is 2.66. The molecule has 1 N–H and O–H groups in total. The standard InChI is InChI=1S/C15H18ClFN2O/c1-9-7-10(17)5-6-12(9)19-14(16)11(8-20)13(18-19)15(2,3)4/h5-7,20H,8H2,1-4H3. The fourth-order valence-corrected chi connectivity index (χ4v) is 2.47. The fraction of sp³-hybridized carbons (Fsp3) is 0.400. The van der Waals surface area contributed by atoms with E-state index in [2.05, 4.69) is 5.10 Å². The summed E-state index contributed by atoms with van der Waals surface area (Å²) in [5, 5.41) is 14.4. The maximum atomic E-state index is 13.2. The molecule has 1 heterocycles. The van der Waals surface area contributed by atoms with Crippen LogP contribution in [0, 0.1) is 12.7 Å². The maximum absolute atomic E-state index is 13.2. The van der Waals surface area contributed by atoms with Crippen molar-refractivity contribution in [3.63, 3.8) is 0 Å². The van der Waals surface area contributed by atoms with Gasteiger partial charge < -0.3 is 5.11 Å². The van der Waals surface area contributed by atoms with Crippen LogP contribution >= 0.6 is 11.6 Å². The van der Waals surface area contributed by atoms with Crippen molar-refractivity contribution in [1.29, 1.82) is 0 Å². The Hall–Kier alpha value is -1.39. The van der Waals surface area contributed by atoms with Crippen molar-refractivity contribution < 1.29 is 9.50 Å². The molecule has 0 unspecified atom stereocenters. The van der Waals surface area contributed by atoms with Crippen molar-refractivity contribution in [3.05, 3.63) is 46.0 Å². The minimum absolute atomic E-state index is 0.175. The molecule has 0 fully saturated rings. The zero-order valence-electron chi connectivity index (χ0n) is 12.0. The first-order valence-corrected chi connectivity index (χ1v) is 6.78. The summed E-state index contributed by atoms with van der Waals surface area (Å²) >= 11 is 6.33. The second-order valence-corrected chi connectivity index (χ2v) is 6.23. The Balaban J connectivity index is 2.67. The minimum Gasteiger partial charge on any atom is -0.391 e. The lowest BCUT2D eigenvalue weighted by atomic mass is 9.90. The van der Waals surface area contributed by atoms with Gasteiger partial charge in [-0.05, 0) is 30.7 Å². The number of aliphatic hydroxyl groups is 1. The number of aryl methyl sites for hydroxylation is 1. The van der Waals surface area contributed by atoms with Crippen molar-refractivity contribution in [3.8, 4) is 5.69 Å². The quantitative estimate of drug-likeness (QED) is 0.916. The Bertz CT molecular complexity index is 644. The molecule has 1 aromatic carbocycles. The predicted octanol–water partition coefficient (Wildman–Crippen LogP) is 3.76. The Kier molecular flexibility index (Phi) is 3.89. The van der Waals surface area contributed by atoms with E-state index in [1.54, 1.807) is 17.7 Å². The van der Waals surface area contributed by atoms with Gasteiger partial charge in [-0.1, -0.05) is 32.4 Å². The highest BCUT2D eigenvalue weighted by Gasteiger charge is 2.26. The van der Waals surface area contributed by atoms with Crippen molar-refractivity contribution in [2.45, 2.75) is 39.7 Å². The van der Waals surface area contributed by atoms with Gasteiger partial charge in [0.15, 0.2) is 0 Å². The van der Waals surface area contributed by atoms with Gasteiger partial charge in [-0.15, -0.1) is 0 Å². The van der Waals surface area contributed by atoms with E-state index < -0.39 is 0 Å². The number of halogens is 2. The third-order valence-corrected chi connectivity index (χ3v) is 3.56. The number of rotatable bonds is 2. The van der Waals surface area contributed by atoms with E-state index >= 15 is 0 Å². The smallest absolute Gasteiger partial charge is 0.138 e. The molecule has 108 valence electrons. The SMILES string of the molecule is Cc1cc(F)ccc1-n1nc(C(C)(C)C)c(CO)c1Cl. The summed E-state index contributed by atoms with van der Waals surface area (Å²) in [5.74, 6) is -0.298. The lowest BCUT2D eigenvalue weighted by Gasteiger charge is -2.16. The van der Waals surface area contributed by atoms with E-state index in [-0.39, 0.29) is 17.8 Å². The predicted molar refractivity (Wildman–Crippen MR) is 77.9 cm³/mol. The molecule has 0 atom stereocenters. The van der Waals surface area contributed by atoms with Gasteiger partial charge in [0.2, 0.25) is 0 Å². The second-order valence-electron chi connectivity index (χ2n) is 5.87. The summed E-state index contributed by atoms with van der Waals surface area (Å²) in [6.45, 7) is 7.64. The van der Waals surface area contributed by atoms with Crippen LogP contribution in [0.3, 0.4) is 0 Å². The largest absolute Gasteiger partial charge is 0.391 e. The fourth-order valence-electron chi connectivity index (χ4n) is 2.19. The molecule has 0 aliphatic carbocycles. The molecule has 20 heavy (non-hydrogen) atoms. The molecule has 0 aliphatic heterocycles. The van der Waals surface area contributed by atoms with Crippen LogP contribution in [0.5, 0.6) is 0 Å². The highest BCUT2D eigenvalue weighted by Crippen LogP contribution is 2.32. The number of aliphatic hydroxyl groups excluding tert-OH is 1. The van der Waals surface area contributed by atoms with Gasteiger partial charge in [0.05, 0.1) is 18.0 Å². The van der Waals surface area contributed by atoms with Crippen LogP contribution in [0.1, 0.15) is 37.6 Å². The Labute approximate surface area is 123 Å². The van der Waals surface area contributed by atoms with Crippen molar-refractivity contribution in [2.24, 2.45) is 0 Å². The Morgan fingerprint density at radius 1 is 1.35 bits per heavy atom. The third-order valence-electron chi connectivity index (χ3n) is 3.18. The maximum Gasteiger partial charge on any atom is 0.138 e. The Morgan fingerprint density at radius 3 is 2.45 bits per heavy atom. The molecule has 3 nitrogen and oxygen atoms in total. The lowest BCUT2D eigenvalue weighted by Crippen LogP contribution is -2.15. The molecule has 1 aromatic heterocycles. The van der Waals surface area contributed by atoms with Gasteiger partial charge in [0, 0.05) is 11.0 Å². The molecule has 0 saturated carbocycles. The number of aromatic nitrogens is 2. The van der Waals surface area contributed by atoms with Gasteiger partial charge in [0.1, 0.15) is 11.0 Å². The van der Waals surface area contributed by atoms with Crippen molar-refractivity contribution >= 4 is 11.6 Å². The van der Waals surface area contributed by atoms with E-state index in [1.807, 2.05) is 20.8 Å². The monoisotopic (exact) mass is 296 g/mol. The molecule has 5 heteroatoms. The summed E-state index contributed by atoms with van der Waals surface area (Å²) in [6, 6.07) is 4.44. The topological polar surface area (TPSA) is 38.0 Å². The second kappa shape index (κ2) is 5.19. The lowest BCUT2D eigenvalue weighted by molar-refractivity contribution is 0.278. The average molecular weight is 297 g/mol. The van der Waals surface area contributed by atoms with E-state index in [0.717, 1.165) is 11.3 Å². The van der Waals surface area contributed by atoms with Crippen LogP contribution in [0.15, 0.2) is 18.2 Å². The summed E-state index contributed by atoms with van der Waals surface area (Å²) in [7, 11) is 0. The summed E-state index contributed by atoms with van der Waals surface area (Å²) in [4.78, 5) is 0. The zero-order valence-corrected chi connectivity index (χ0v) is 12.8. The normalized spacial score (nSPS) is 11.9. The van der Waals surface area contributed by atoms with Crippen molar-refractivity contribution in [2.75, 3.05) is 0 Å². The summed E-state index contributed by atoms with van der Waals surface area (Å²) in [6.07, 6.45) is 0. The third kappa shape index (κ3) is 2.58. The molecular formula is C15H18ClFN2O. The van der Waals surface area contributed by atoms with E-state index in [9.17, 15) is 9.50 Å². The number of nitrogens with zero attached hydrogens (tertiary/aromatic N) is 2. The molecular weight excluding hydrogens is 279 g/mol. The van der Waals surface area contributed by atoms with Crippen LogP contribution < -0.4 is 0 Å². The first kappa shape index (κ1) is 15.0. The summed E-state index contributed by atoms with van der Waals surface area (Å²) in [5.41, 5.74) is 2.57. The van der Waals surface area contributed by atoms with Crippen LogP contribution in [0.4, 0.5) is 4.39 Å². The summed E-state index contributed by atoms with van der Waals surface area (Å²) < 4.78 is 14.8. The Morgan fingerprint density at radius 2 is 2.00 bits per heavy atom. The molecule has 0 aliphatic rings. The van der Waals surface area contributed by atoms with Crippen LogP contribution in [0.2, 0.25) is 5.15 Å². The van der Waals surface area contributed by atoms with Crippen LogP contribution in [-0.4, -0.2) is 14.9 Å². The van der Waals surface area contributed by atoms with Gasteiger partial charge in [-0.25, -0.2) is 9.07 Å². The first-order valence-electron chi connectivity index (χ1n) is 6.41. The molecule has 2 rings (SSSR count). The molecule has 0 amide bonds. The first-order chi connectivity index (χ1) is 9.25. The highest BCUT2D eigenvalue weighted by molar-refractivity contribution is 6.30. The molecule has 0 radical (unpaired) electrons. The van der Waals surface area contributed by atoms with Crippen LogP contribution in [0.25, 0.3) is 5.69 Å². The van der Waals surface area contributed by atoms with Crippen LogP contribution in [-0.2, 0) is 12.0 Å². The molecule has 0 spiro atoms. The van der Waals surface area contributed by atoms with Gasteiger partial charge in [-0.3, -0.25) is 0 Å². The van der Waals surface area contributed by atoms with E-state index in [0.29, 0.717) is 16.4 Å². The minimum atomic E-state index is -0.298. The molecule has 2 aromatic rings. The molecule has 0 bridgehead atoms. The van der Waals surface area contributed by atoms with Gasteiger partial charge in [-0.2, -0.15) is 5.10 Å².